The number of fused-ring (bicyclic) bond motifs is 1. The molecule has 0 unspecified atom stereocenters. The Morgan fingerprint density at radius 3 is 2.58 bits per heavy atom. The molecule has 6 rings (SSSR count). The van der Waals surface area contributed by atoms with E-state index < -0.39 is 34.9 Å². The van der Waals surface area contributed by atoms with Crippen molar-refractivity contribution < 1.29 is 43.6 Å². The number of pyridine rings is 1. The van der Waals surface area contributed by atoms with E-state index in [2.05, 4.69) is 20.8 Å². The number of carbonyl (C=O) groups is 5. The number of hydrogen-bond acceptors (Lipinski definition) is 13. The molecule has 50 heavy (non-hydrogen) atoms. The van der Waals surface area contributed by atoms with E-state index in [0.29, 0.717) is 36.5 Å². The lowest BCUT2D eigenvalue weighted by molar-refractivity contribution is -0.684. The first-order valence-electron chi connectivity index (χ1n) is 15.1. The summed E-state index contributed by atoms with van der Waals surface area (Å²) in [5, 5.41) is 30.7. The number of likely N-dealkylation sites (tertiary alicyclic amines) is 1. The van der Waals surface area contributed by atoms with Gasteiger partial charge in [-0.05, 0) is 47.9 Å². The van der Waals surface area contributed by atoms with Gasteiger partial charge in [-0.1, -0.05) is 5.16 Å². The zero-order chi connectivity index (χ0) is 35.5. The van der Waals surface area contributed by atoms with Crippen LogP contribution in [0.2, 0.25) is 0 Å². The SMILES string of the molecule is COc1ccc(NC(=O)C[n+]2ccc(CN3CCC(=CC4=C(C(=O)[O-])N5C(=O)[C@@H](NC(=O)/C(=N\O)c6csc(N)n6)[C@H]5SC4)C3=O)cc2)cc1. The van der Waals surface area contributed by atoms with Crippen molar-refractivity contribution in [1.29, 1.82) is 0 Å². The standard InChI is InChI=1S/C32H30N8O8S2/c1-48-21-4-2-20(3-5-21)34-23(41)14-38-9-6-17(7-10-38)13-39-11-8-18(28(39)43)12-19-15-49-30-25(29(44)40(30)26(19)31(45)46)36-27(42)24(37-47)22-16-50-32(33)35-22/h2-7,9-10,12,16,25,30H,8,11,13-15H2,1H3,(H5-,33,34,35,36,41,42,45,46,47)/t25-,30-/m1/s1. The predicted molar refractivity (Wildman–Crippen MR) is 178 cm³/mol. The number of nitrogens with zero attached hydrogens (tertiary/aromatic N) is 5. The van der Waals surface area contributed by atoms with E-state index >= 15 is 0 Å². The summed E-state index contributed by atoms with van der Waals surface area (Å²) in [5.41, 5.74) is 6.92. The molecule has 0 spiro atoms. The van der Waals surface area contributed by atoms with Gasteiger partial charge in [-0.3, -0.25) is 24.1 Å². The summed E-state index contributed by atoms with van der Waals surface area (Å²) < 4.78 is 6.84. The monoisotopic (exact) mass is 718 g/mol. The molecule has 1 aromatic carbocycles. The number of nitrogens with two attached hydrogens (primary N) is 1. The second-order valence-corrected chi connectivity index (χ2v) is 13.3. The first-order valence-corrected chi connectivity index (χ1v) is 17.0. The lowest BCUT2D eigenvalue weighted by atomic mass is 10.0. The number of carboxylic acids is 1. The molecule has 4 amide bonds. The molecule has 2 atom stereocenters. The Balaban J connectivity index is 1.07. The normalized spacial score (nSPS) is 19.7. The molecule has 16 nitrogen and oxygen atoms in total. The highest BCUT2D eigenvalue weighted by molar-refractivity contribution is 8.00. The quantitative estimate of drug-likeness (QED) is 0.0499. The van der Waals surface area contributed by atoms with Crippen molar-refractivity contribution in [3.05, 3.63) is 88.3 Å². The number of nitrogens with one attached hydrogen (secondary N) is 2. The zero-order valence-corrected chi connectivity index (χ0v) is 28.0. The molecule has 258 valence electrons. The summed E-state index contributed by atoms with van der Waals surface area (Å²) >= 11 is 2.24. The van der Waals surface area contributed by atoms with Crippen molar-refractivity contribution in [3.63, 3.8) is 0 Å². The number of benzene rings is 1. The van der Waals surface area contributed by atoms with Crippen LogP contribution in [0.4, 0.5) is 10.8 Å². The largest absolute Gasteiger partial charge is 0.543 e. The lowest BCUT2D eigenvalue weighted by Gasteiger charge is -2.50. The number of thiazole rings is 1. The van der Waals surface area contributed by atoms with Crippen molar-refractivity contribution in [2.24, 2.45) is 5.16 Å². The minimum Gasteiger partial charge on any atom is -0.543 e. The van der Waals surface area contributed by atoms with Crippen LogP contribution < -0.4 is 30.8 Å². The van der Waals surface area contributed by atoms with Crippen LogP contribution in [0.5, 0.6) is 5.75 Å². The summed E-state index contributed by atoms with van der Waals surface area (Å²) in [6.07, 6.45) is 5.36. The maximum atomic E-state index is 13.3. The van der Waals surface area contributed by atoms with Gasteiger partial charge in [0.25, 0.3) is 17.7 Å². The number of β-lactam (4-membered cyclic amide) rings is 1. The summed E-state index contributed by atoms with van der Waals surface area (Å²) in [5.74, 6) is -2.83. The number of thioether (sulfide) groups is 1. The fourth-order valence-corrected chi connectivity index (χ4v) is 7.54. The van der Waals surface area contributed by atoms with E-state index in [9.17, 15) is 34.3 Å². The highest BCUT2D eigenvalue weighted by atomic mass is 32.2. The molecule has 3 aliphatic rings. The second-order valence-electron chi connectivity index (χ2n) is 11.3. The van der Waals surface area contributed by atoms with E-state index in [4.69, 9.17) is 10.5 Å². The van der Waals surface area contributed by atoms with Gasteiger partial charge in [0, 0.05) is 47.6 Å². The van der Waals surface area contributed by atoms with Gasteiger partial charge in [0.05, 0.1) is 18.8 Å². The van der Waals surface area contributed by atoms with Crippen molar-refractivity contribution >= 4 is 69.2 Å². The summed E-state index contributed by atoms with van der Waals surface area (Å²) in [7, 11) is 1.57. The number of carboxylic acid groups (broad SMARTS) is 1. The van der Waals surface area contributed by atoms with Crippen molar-refractivity contribution in [2.75, 3.05) is 30.5 Å². The number of aliphatic carboxylic acids is 1. The number of hydrogen-bond donors (Lipinski definition) is 4. The number of allylic oxidation sites excluding steroid dienone is 1. The molecule has 5 N–H and O–H groups in total. The smallest absolute Gasteiger partial charge is 0.290 e. The first-order chi connectivity index (χ1) is 24.1. The predicted octanol–water partition coefficient (Wildman–Crippen LogP) is -0.399. The van der Waals surface area contributed by atoms with Gasteiger partial charge in [-0.25, -0.2) is 4.98 Å². The van der Waals surface area contributed by atoms with Gasteiger partial charge in [-0.2, -0.15) is 4.57 Å². The van der Waals surface area contributed by atoms with Crippen molar-refractivity contribution in [2.45, 2.75) is 30.9 Å². The van der Waals surface area contributed by atoms with Gasteiger partial charge < -0.3 is 41.1 Å². The van der Waals surface area contributed by atoms with Gasteiger partial charge in [0.1, 0.15) is 22.9 Å². The number of anilines is 2. The second kappa shape index (κ2) is 14.4. The summed E-state index contributed by atoms with van der Waals surface area (Å²) in [6.45, 7) is 0.796. The molecule has 5 heterocycles. The van der Waals surface area contributed by atoms with E-state index in [-0.39, 0.29) is 46.2 Å². The Morgan fingerprint density at radius 2 is 1.94 bits per heavy atom. The highest BCUT2D eigenvalue weighted by Gasteiger charge is 2.53. The lowest BCUT2D eigenvalue weighted by Crippen LogP contribution is -2.71. The molecule has 2 aromatic heterocycles. The number of ether oxygens (including phenoxy) is 1. The number of aromatic nitrogens is 2. The third kappa shape index (κ3) is 7.01. The number of nitrogen functional groups attached to an aromatic ring is 1. The maximum absolute atomic E-state index is 13.3. The van der Waals surface area contributed by atoms with E-state index in [0.717, 1.165) is 21.8 Å². The Kier molecular flexibility index (Phi) is 9.82. The Morgan fingerprint density at radius 1 is 1.20 bits per heavy atom. The molecule has 3 aromatic rings. The number of methoxy groups -OCH3 is 1. The third-order valence-electron chi connectivity index (χ3n) is 8.15. The van der Waals surface area contributed by atoms with Crippen LogP contribution in [0.15, 0.2) is 82.2 Å². The zero-order valence-electron chi connectivity index (χ0n) is 26.4. The van der Waals surface area contributed by atoms with Gasteiger partial charge in [-0.15, -0.1) is 23.1 Å². The fraction of sp³-hybridized carbons (Fsp3) is 0.250. The number of oxime groups is 1. The maximum Gasteiger partial charge on any atom is 0.290 e. The Labute approximate surface area is 292 Å². The molecular formula is C32H30N8O8S2. The van der Waals surface area contributed by atoms with Gasteiger partial charge >= 0.3 is 0 Å². The molecule has 0 bridgehead atoms. The highest BCUT2D eigenvalue weighted by Crippen LogP contribution is 2.41. The van der Waals surface area contributed by atoms with E-state index in [1.165, 1.54) is 23.2 Å². The van der Waals surface area contributed by atoms with E-state index in [1.54, 1.807) is 53.2 Å². The molecule has 2 fully saturated rings. The van der Waals surface area contributed by atoms with Gasteiger partial charge in [0.15, 0.2) is 23.2 Å². The molecule has 0 radical (unpaired) electrons. The number of amides is 4. The molecule has 18 heteroatoms. The number of carbonyl (C=O) groups excluding carboxylic acids is 5. The topological polar surface area (TPSA) is 224 Å². The van der Waals surface area contributed by atoms with Gasteiger partial charge in [0.2, 0.25) is 12.5 Å². The van der Waals surface area contributed by atoms with Crippen molar-refractivity contribution in [3.8, 4) is 5.75 Å². The molecule has 3 aliphatic heterocycles. The van der Waals surface area contributed by atoms with Crippen LogP contribution in [0, 0.1) is 0 Å². The Hall–Kier alpha value is -5.75. The minimum absolute atomic E-state index is 0.0218. The fourth-order valence-electron chi connectivity index (χ4n) is 5.68. The first kappa shape index (κ1) is 34.1. The van der Waals surface area contributed by atoms with Crippen molar-refractivity contribution in [1.82, 2.24) is 20.1 Å². The average molecular weight is 719 g/mol. The molecule has 2 saturated heterocycles. The summed E-state index contributed by atoms with van der Waals surface area (Å²) in [6, 6.07) is 9.53. The summed E-state index contributed by atoms with van der Waals surface area (Å²) in [4.78, 5) is 70.5. The minimum atomic E-state index is -1.59. The van der Waals surface area contributed by atoms with Crippen LogP contribution in [-0.2, 0) is 37.1 Å². The molecule has 0 aliphatic carbocycles. The molecular weight excluding hydrogens is 689 g/mol. The van der Waals surface area contributed by atoms with Crippen LogP contribution >= 0.6 is 23.1 Å². The Bertz CT molecular complexity index is 1960. The van der Waals surface area contributed by atoms with E-state index in [1.807, 2.05) is 12.1 Å². The van der Waals surface area contributed by atoms with Crippen LogP contribution in [0.25, 0.3) is 0 Å². The number of rotatable bonds is 11. The molecule has 0 saturated carbocycles. The van der Waals surface area contributed by atoms with Crippen LogP contribution in [0.3, 0.4) is 0 Å². The average Bonchev–Trinajstić information content (AvgIpc) is 3.68. The van der Waals surface area contributed by atoms with Crippen LogP contribution in [0.1, 0.15) is 17.7 Å². The van der Waals surface area contributed by atoms with Crippen LogP contribution in [-0.4, -0.2) is 86.1 Å². The third-order valence-corrected chi connectivity index (χ3v) is 10.1.